The summed E-state index contributed by atoms with van der Waals surface area (Å²) >= 11 is 0. The van der Waals surface area contributed by atoms with Crippen LogP contribution in [0.3, 0.4) is 0 Å². The highest BCUT2D eigenvalue weighted by Crippen LogP contribution is 2.09. The van der Waals surface area contributed by atoms with E-state index < -0.39 is 36.2 Å². The van der Waals surface area contributed by atoms with E-state index in [4.69, 9.17) is 29.2 Å². The monoisotopic (exact) mass is 577 g/mol. The van der Waals surface area contributed by atoms with Crippen LogP contribution in [0, 0.1) is 0 Å². The van der Waals surface area contributed by atoms with Crippen LogP contribution in [0.4, 0.5) is 0 Å². The SMILES string of the molecule is COCCOCC(=O)N[C@@H](CC(=O)O)C(=O)NCCOCCOCC(=O)NCCCCCCCCCCC(=O)O. The number of aliphatic carboxylic acids is 2. The number of carboxylic acid groups (broad SMARTS) is 2. The van der Waals surface area contributed by atoms with E-state index in [1.807, 2.05) is 0 Å². The number of unbranched alkanes of at least 4 members (excludes halogenated alkanes) is 7. The lowest BCUT2D eigenvalue weighted by molar-refractivity contribution is -0.141. The van der Waals surface area contributed by atoms with E-state index in [2.05, 4.69) is 16.0 Å². The van der Waals surface area contributed by atoms with Crippen LogP contribution in [-0.2, 0) is 42.9 Å². The van der Waals surface area contributed by atoms with Gasteiger partial charge in [-0.25, -0.2) is 0 Å². The third kappa shape index (κ3) is 25.5. The second kappa shape index (κ2) is 26.4. The lowest BCUT2D eigenvalue weighted by Crippen LogP contribution is -2.49. The molecule has 3 amide bonds. The number of rotatable bonds is 28. The summed E-state index contributed by atoms with van der Waals surface area (Å²) in [7, 11) is 1.48. The molecule has 0 aromatic carbocycles. The number of ether oxygens (including phenoxy) is 4. The molecular weight excluding hydrogens is 530 g/mol. The Kier molecular flexibility index (Phi) is 24.6. The highest BCUT2D eigenvalue weighted by atomic mass is 16.5. The first kappa shape index (κ1) is 37.2. The van der Waals surface area contributed by atoms with E-state index in [1.165, 1.54) is 7.11 Å². The number of amides is 3. The molecule has 0 aliphatic carbocycles. The predicted octanol–water partition coefficient (Wildman–Crippen LogP) is 0.470. The van der Waals surface area contributed by atoms with Crippen LogP contribution in [-0.4, -0.2) is 112 Å². The molecule has 1 atom stereocenters. The van der Waals surface area contributed by atoms with Gasteiger partial charge in [0.05, 0.1) is 39.5 Å². The van der Waals surface area contributed by atoms with Crippen molar-refractivity contribution in [2.45, 2.75) is 70.3 Å². The maximum atomic E-state index is 12.2. The molecule has 0 aromatic heterocycles. The van der Waals surface area contributed by atoms with E-state index in [0.29, 0.717) is 13.2 Å². The molecule has 0 radical (unpaired) electrons. The van der Waals surface area contributed by atoms with Crippen molar-refractivity contribution in [1.29, 1.82) is 0 Å². The van der Waals surface area contributed by atoms with Gasteiger partial charge in [-0.2, -0.15) is 0 Å². The molecule has 0 fully saturated rings. The predicted molar refractivity (Wildman–Crippen MR) is 144 cm³/mol. The molecule has 14 nitrogen and oxygen atoms in total. The molecule has 0 saturated heterocycles. The van der Waals surface area contributed by atoms with Gasteiger partial charge < -0.3 is 45.1 Å². The largest absolute Gasteiger partial charge is 0.481 e. The van der Waals surface area contributed by atoms with Crippen molar-refractivity contribution in [1.82, 2.24) is 16.0 Å². The Morgan fingerprint density at radius 2 is 1.20 bits per heavy atom. The first-order valence-corrected chi connectivity index (χ1v) is 13.8. The van der Waals surface area contributed by atoms with Gasteiger partial charge in [0.25, 0.3) is 0 Å². The fourth-order valence-electron chi connectivity index (χ4n) is 3.42. The van der Waals surface area contributed by atoms with Gasteiger partial charge in [-0.3, -0.25) is 24.0 Å². The van der Waals surface area contributed by atoms with E-state index in [9.17, 15) is 24.0 Å². The molecule has 0 bridgehead atoms. The molecule has 14 heteroatoms. The first-order chi connectivity index (χ1) is 19.3. The van der Waals surface area contributed by atoms with Crippen molar-refractivity contribution in [3.8, 4) is 0 Å². The van der Waals surface area contributed by atoms with Crippen molar-refractivity contribution in [2.24, 2.45) is 0 Å². The van der Waals surface area contributed by atoms with Crippen molar-refractivity contribution in [2.75, 3.05) is 66.4 Å². The summed E-state index contributed by atoms with van der Waals surface area (Å²) in [6.07, 6.45) is 7.61. The average molecular weight is 578 g/mol. The van der Waals surface area contributed by atoms with Crippen LogP contribution in [0.5, 0.6) is 0 Å². The molecule has 0 unspecified atom stereocenters. The Bertz CT molecular complexity index is 722. The number of methoxy groups -OCH3 is 1. The smallest absolute Gasteiger partial charge is 0.305 e. The van der Waals surface area contributed by atoms with E-state index in [0.717, 1.165) is 51.4 Å². The summed E-state index contributed by atoms with van der Waals surface area (Å²) in [5, 5.41) is 25.2. The second-order valence-electron chi connectivity index (χ2n) is 9.04. The Balaban J connectivity index is 3.72. The number of carbonyl (C=O) groups excluding carboxylic acids is 3. The summed E-state index contributed by atoms with van der Waals surface area (Å²) in [5.74, 6) is -3.46. The highest BCUT2D eigenvalue weighted by Gasteiger charge is 2.23. The minimum Gasteiger partial charge on any atom is -0.481 e. The molecule has 0 aliphatic rings. The van der Waals surface area contributed by atoms with Gasteiger partial charge in [-0.05, 0) is 12.8 Å². The second-order valence-corrected chi connectivity index (χ2v) is 9.04. The molecule has 0 heterocycles. The van der Waals surface area contributed by atoms with Crippen molar-refractivity contribution < 1.29 is 53.1 Å². The maximum absolute atomic E-state index is 12.2. The van der Waals surface area contributed by atoms with Crippen LogP contribution >= 0.6 is 0 Å². The zero-order valence-corrected chi connectivity index (χ0v) is 23.6. The van der Waals surface area contributed by atoms with Crippen LogP contribution in [0.25, 0.3) is 0 Å². The van der Waals surface area contributed by atoms with Gasteiger partial charge in [0, 0.05) is 26.6 Å². The molecule has 0 spiro atoms. The molecule has 0 rings (SSSR count). The van der Waals surface area contributed by atoms with Crippen molar-refractivity contribution in [3.63, 3.8) is 0 Å². The van der Waals surface area contributed by atoms with Crippen molar-refractivity contribution in [3.05, 3.63) is 0 Å². The fourth-order valence-corrected chi connectivity index (χ4v) is 3.42. The standard InChI is InChI=1S/C26H47N3O11/c1-37-14-15-39-20-23(31)29-21(18-25(34)35)26(36)28-12-13-38-16-17-40-19-22(30)27-11-9-7-5-3-2-4-6-8-10-24(32)33/h21H,2-20H2,1H3,(H,27,30)(H,28,36)(H,29,31)(H,32,33)(H,34,35)/t21-/m0/s1. The summed E-state index contributed by atoms with van der Waals surface area (Å²) in [4.78, 5) is 57.3. The maximum Gasteiger partial charge on any atom is 0.305 e. The third-order valence-electron chi connectivity index (χ3n) is 5.49. The average Bonchev–Trinajstić information content (AvgIpc) is 2.90. The van der Waals surface area contributed by atoms with Gasteiger partial charge in [0.1, 0.15) is 19.3 Å². The van der Waals surface area contributed by atoms with Crippen LogP contribution in [0.2, 0.25) is 0 Å². The van der Waals surface area contributed by atoms with E-state index in [-0.39, 0.29) is 58.5 Å². The Hall–Kier alpha value is -2.81. The van der Waals surface area contributed by atoms with Gasteiger partial charge in [0.15, 0.2) is 0 Å². The summed E-state index contributed by atoms with van der Waals surface area (Å²) in [5.41, 5.74) is 0. The molecule has 0 aliphatic heterocycles. The highest BCUT2D eigenvalue weighted by molar-refractivity contribution is 5.90. The van der Waals surface area contributed by atoms with Gasteiger partial charge in [-0.1, -0.05) is 38.5 Å². The third-order valence-corrected chi connectivity index (χ3v) is 5.49. The van der Waals surface area contributed by atoms with Crippen LogP contribution < -0.4 is 16.0 Å². The minimum atomic E-state index is -1.25. The topological polar surface area (TPSA) is 199 Å². The molecule has 232 valence electrons. The summed E-state index contributed by atoms with van der Waals surface area (Å²) in [6, 6.07) is -1.25. The fraction of sp³-hybridized carbons (Fsp3) is 0.808. The Morgan fingerprint density at radius 3 is 1.82 bits per heavy atom. The normalized spacial score (nSPS) is 11.5. The minimum absolute atomic E-state index is 0.0812. The first-order valence-electron chi connectivity index (χ1n) is 13.8. The number of nitrogens with one attached hydrogen (secondary N) is 3. The number of hydrogen-bond acceptors (Lipinski definition) is 9. The molecular formula is C26H47N3O11. The molecule has 5 N–H and O–H groups in total. The Labute approximate surface area is 235 Å². The zero-order valence-electron chi connectivity index (χ0n) is 23.6. The van der Waals surface area contributed by atoms with E-state index in [1.54, 1.807) is 0 Å². The van der Waals surface area contributed by atoms with E-state index >= 15 is 0 Å². The van der Waals surface area contributed by atoms with Crippen molar-refractivity contribution >= 4 is 29.7 Å². The van der Waals surface area contributed by atoms with Gasteiger partial charge >= 0.3 is 11.9 Å². The Morgan fingerprint density at radius 1 is 0.625 bits per heavy atom. The van der Waals surface area contributed by atoms with Gasteiger partial charge in [0.2, 0.25) is 17.7 Å². The van der Waals surface area contributed by atoms with Crippen LogP contribution in [0.1, 0.15) is 64.2 Å². The van der Waals surface area contributed by atoms with Crippen LogP contribution in [0.15, 0.2) is 0 Å². The lowest BCUT2D eigenvalue weighted by atomic mass is 10.1. The molecule has 40 heavy (non-hydrogen) atoms. The molecule has 0 saturated carbocycles. The molecule has 0 aromatic rings. The summed E-state index contributed by atoms with van der Waals surface area (Å²) in [6.45, 7) is 1.29. The zero-order chi connectivity index (χ0) is 29.8. The lowest BCUT2D eigenvalue weighted by Gasteiger charge is -2.17. The summed E-state index contributed by atoms with van der Waals surface area (Å²) < 4.78 is 20.4. The number of hydrogen-bond donors (Lipinski definition) is 5. The quantitative estimate of drug-likeness (QED) is 0.0810. The number of carboxylic acids is 2. The van der Waals surface area contributed by atoms with Gasteiger partial charge in [-0.15, -0.1) is 0 Å². The number of carbonyl (C=O) groups is 5.